The lowest BCUT2D eigenvalue weighted by Gasteiger charge is -2.34. The van der Waals surface area contributed by atoms with E-state index >= 15 is 14.4 Å². The molecule has 0 aliphatic carbocycles. The van der Waals surface area contributed by atoms with Gasteiger partial charge in [0.05, 0.1) is 25.4 Å². The summed E-state index contributed by atoms with van der Waals surface area (Å²) < 4.78 is 11.4. The number of nitrogens with one attached hydrogen (secondary N) is 13. The Balaban J connectivity index is 3.18. The molecule has 21 N–H and O–H groups in total. The van der Waals surface area contributed by atoms with Crippen molar-refractivity contribution in [3.05, 3.63) is 35.9 Å². The highest BCUT2D eigenvalue weighted by molar-refractivity contribution is 6.00. The standard InChI is InChI=1S/C64H107N15O19/c1-16-33(8)42-56(91)77-43(34(9)81)55(90)69-28-41(82)75-45(48(84)50(65)85)58(93)73-40(29-80)60(95)97-49(35-21-18-17-19-22-35)46(79-53(88)38(26-31(4)5)71-54(89)39(27-63(10,11)12)74-62(96)98-64(13,14)15)59(94)78-44(47(83)32(6)7)57(92)72-37(25-30(2)3)52(87)70-36(51(86)76-42)23-20-24-68-61(66)67/h17-19,21-22,30-34,36-40,42-49,80-81,83-84H,16,20,23-29H2,1-15H3,(H2,65,85)(H,69,90)(H,70,87)(H,71,89)(H,72,92)(H,73,93)(H,74,96)(H,75,82)(H,76,86)(H,77,91)(H,78,94)(H,79,88)(H4,66,67,68)/t33-,34-,36+,37-,38-,39-,40-,42?,43?,44-,45-,46-,47+,48-,49+/m0/s1. The Kier molecular flexibility index (Phi) is 34.5. The van der Waals surface area contributed by atoms with Crippen molar-refractivity contribution in [3.63, 3.8) is 0 Å². The predicted octanol–water partition coefficient (Wildman–Crippen LogP) is -3.27. The first-order chi connectivity index (χ1) is 45.4. The van der Waals surface area contributed by atoms with Crippen LogP contribution in [-0.4, -0.2) is 207 Å². The molecule has 1 aliphatic rings. The van der Waals surface area contributed by atoms with Gasteiger partial charge in [-0.05, 0) is 94.4 Å². The van der Waals surface area contributed by atoms with Crippen LogP contribution in [0.2, 0.25) is 0 Å². The van der Waals surface area contributed by atoms with Crippen LogP contribution in [0.25, 0.3) is 0 Å². The maximum Gasteiger partial charge on any atom is 0.408 e. The van der Waals surface area contributed by atoms with E-state index in [4.69, 9.17) is 26.4 Å². The molecule has 1 aromatic rings. The molecule has 2 unspecified atom stereocenters. The number of benzene rings is 1. The second-order valence-corrected chi connectivity index (χ2v) is 27.8. The number of guanidine groups is 1. The van der Waals surface area contributed by atoms with Crippen LogP contribution in [0.1, 0.15) is 154 Å². The Morgan fingerprint density at radius 1 is 0.663 bits per heavy atom. The Bertz CT molecular complexity index is 2920. The van der Waals surface area contributed by atoms with E-state index in [0.717, 1.165) is 6.92 Å². The molecule has 0 bridgehead atoms. The molecule has 1 fully saturated rings. The Labute approximate surface area is 571 Å². The smallest absolute Gasteiger partial charge is 0.408 e. The van der Waals surface area contributed by atoms with Crippen molar-refractivity contribution < 1.29 is 92.2 Å². The third-order valence-corrected chi connectivity index (χ3v) is 15.2. The molecule has 1 saturated heterocycles. The molecule has 0 radical (unpaired) electrons. The van der Waals surface area contributed by atoms with E-state index in [1.807, 2.05) is 10.6 Å². The summed E-state index contributed by atoms with van der Waals surface area (Å²) in [6, 6.07) is -11.5. The van der Waals surface area contributed by atoms with Gasteiger partial charge < -0.3 is 105 Å². The van der Waals surface area contributed by atoms with Crippen LogP contribution in [-0.2, 0) is 67.0 Å². The number of hydrogen-bond donors (Lipinski definition) is 19. The van der Waals surface area contributed by atoms with Crippen LogP contribution in [0, 0.1) is 34.5 Å². The number of carbonyl (C=O) groups excluding carboxylic acids is 13. The van der Waals surface area contributed by atoms with Gasteiger partial charge in [-0.2, -0.15) is 0 Å². The Morgan fingerprint density at radius 3 is 1.73 bits per heavy atom. The SMILES string of the molecule is CC[C@H](C)C1NC(=O)[C@@H](CCCNC(=N)N)NC(=O)[C@H](CC(C)C)NC(=O)[C@H]([C@H](O)C(C)C)NC(=O)[C@@H](NC(=O)[C@H](CC(C)C)NC(=O)[C@H](CC(C)(C)C)NC(=O)OC(C)(C)C)[C@@H](c2ccccc2)OC(=O)[C@H](CO)NC(=O)[C@H]([C@H](O)C(N)=O)NC(=O)CNC(=O)C([C@H](C)O)NC1=O. The maximum atomic E-state index is 15.6. The second-order valence-electron chi connectivity index (χ2n) is 27.8. The molecular formula is C64H107N15O19. The van der Waals surface area contributed by atoms with Gasteiger partial charge in [-0.3, -0.25) is 58.1 Å². The highest BCUT2D eigenvalue weighted by atomic mass is 16.6. The third-order valence-electron chi connectivity index (χ3n) is 15.2. The average Bonchev–Trinajstić information content (AvgIpc) is 0.824. The minimum atomic E-state index is -2.60. The van der Waals surface area contributed by atoms with Gasteiger partial charge in [0, 0.05) is 6.54 Å². The summed E-state index contributed by atoms with van der Waals surface area (Å²) in [5.41, 5.74) is 9.13. The number of esters is 1. The van der Waals surface area contributed by atoms with E-state index in [1.165, 1.54) is 44.2 Å². The van der Waals surface area contributed by atoms with Crippen LogP contribution < -0.4 is 75.3 Å². The summed E-state index contributed by atoms with van der Waals surface area (Å²) in [4.78, 5) is 185. The number of cyclic esters (lactones) is 1. The molecule has 0 spiro atoms. The van der Waals surface area contributed by atoms with E-state index < -0.39 is 216 Å². The first-order valence-electron chi connectivity index (χ1n) is 32.7. The van der Waals surface area contributed by atoms with Crippen molar-refractivity contribution in [2.24, 2.45) is 40.6 Å². The van der Waals surface area contributed by atoms with Crippen LogP contribution in [0.5, 0.6) is 0 Å². The maximum absolute atomic E-state index is 15.6. The van der Waals surface area contributed by atoms with Gasteiger partial charge in [-0.25, -0.2) is 9.59 Å². The molecule has 0 saturated carbocycles. The number of primary amides is 1. The number of ether oxygens (including phenoxy) is 2. The van der Waals surface area contributed by atoms with Crippen molar-refractivity contribution in [2.45, 2.75) is 233 Å². The highest BCUT2D eigenvalue weighted by Crippen LogP contribution is 2.26. The number of aliphatic hydroxyl groups excluding tert-OH is 4. The first-order valence-corrected chi connectivity index (χ1v) is 32.7. The Morgan fingerprint density at radius 2 is 1.21 bits per heavy atom. The fraction of sp³-hybridized carbons (Fsp3) is 0.688. The van der Waals surface area contributed by atoms with Gasteiger partial charge in [-0.1, -0.05) is 113 Å². The van der Waals surface area contributed by atoms with Crippen LogP contribution in [0.4, 0.5) is 4.79 Å². The fourth-order valence-electron chi connectivity index (χ4n) is 9.93. The first kappa shape index (κ1) is 85.3. The fourth-order valence-corrected chi connectivity index (χ4v) is 9.93. The van der Waals surface area contributed by atoms with Crippen LogP contribution >= 0.6 is 0 Å². The summed E-state index contributed by atoms with van der Waals surface area (Å²) in [6.45, 7) is 21.8. The lowest BCUT2D eigenvalue weighted by Crippen LogP contribution is -2.64. The van der Waals surface area contributed by atoms with Crippen molar-refractivity contribution >= 4 is 83.0 Å². The van der Waals surface area contributed by atoms with Crippen molar-refractivity contribution in [1.82, 2.24) is 63.8 Å². The highest BCUT2D eigenvalue weighted by Gasteiger charge is 2.44. The summed E-state index contributed by atoms with van der Waals surface area (Å²) >= 11 is 0. The zero-order valence-corrected chi connectivity index (χ0v) is 58.7. The van der Waals surface area contributed by atoms with E-state index in [0.29, 0.717) is 0 Å². The number of aliphatic hydroxyl groups is 4. The summed E-state index contributed by atoms with van der Waals surface area (Å²) in [7, 11) is 0. The van der Waals surface area contributed by atoms with Gasteiger partial charge in [0.15, 0.2) is 24.2 Å². The van der Waals surface area contributed by atoms with Crippen molar-refractivity contribution in [1.29, 1.82) is 5.41 Å². The van der Waals surface area contributed by atoms with Gasteiger partial charge in [0.2, 0.25) is 65.0 Å². The summed E-state index contributed by atoms with van der Waals surface area (Å²) in [5.74, 6) is -17.9. The minimum Gasteiger partial charge on any atom is -0.453 e. The molecule has 34 heteroatoms. The summed E-state index contributed by atoms with van der Waals surface area (Å²) in [6.07, 6.45) is -9.51. The van der Waals surface area contributed by atoms with E-state index in [2.05, 4.69) is 53.2 Å². The number of hydrogen-bond acceptors (Lipinski definition) is 20. The molecule has 1 aromatic carbocycles. The van der Waals surface area contributed by atoms with Gasteiger partial charge in [-0.15, -0.1) is 0 Å². The van der Waals surface area contributed by atoms with E-state index in [1.54, 1.807) is 83.1 Å². The quantitative estimate of drug-likeness (QED) is 0.0221. The number of amides is 12. The minimum absolute atomic E-state index is 0.000272. The molecule has 15 atom stereocenters. The monoisotopic (exact) mass is 1390 g/mol. The van der Waals surface area contributed by atoms with Crippen molar-refractivity contribution in [3.8, 4) is 0 Å². The normalized spacial score (nSPS) is 23.9. The molecule has 2 rings (SSSR count). The van der Waals surface area contributed by atoms with Crippen molar-refractivity contribution in [2.75, 3.05) is 19.7 Å². The topological polar surface area (TPSA) is 542 Å². The average molecular weight is 1390 g/mol. The molecule has 0 aromatic heterocycles. The molecule has 98 heavy (non-hydrogen) atoms. The lowest BCUT2D eigenvalue weighted by molar-refractivity contribution is -0.159. The number of carbonyl (C=O) groups is 13. The van der Waals surface area contributed by atoms with E-state index in [-0.39, 0.29) is 50.6 Å². The molecule has 34 nitrogen and oxygen atoms in total. The number of rotatable bonds is 23. The summed E-state index contributed by atoms with van der Waals surface area (Å²) in [5, 5.41) is 81.2. The zero-order chi connectivity index (χ0) is 74.9. The lowest BCUT2D eigenvalue weighted by atomic mass is 9.87. The number of nitrogens with two attached hydrogens (primary N) is 2. The Hall–Kier alpha value is -8.76. The van der Waals surface area contributed by atoms with Crippen LogP contribution in [0.15, 0.2) is 30.3 Å². The van der Waals surface area contributed by atoms with E-state index in [9.17, 15) is 68.4 Å². The zero-order valence-electron chi connectivity index (χ0n) is 58.7. The second kappa shape index (κ2) is 39.6. The van der Waals surface area contributed by atoms with Gasteiger partial charge >= 0.3 is 12.1 Å². The molecule has 12 amide bonds. The predicted molar refractivity (Wildman–Crippen MR) is 355 cm³/mol. The molecule has 1 heterocycles. The van der Waals surface area contributed by atoms with Crippen LogP contribution in [0.3, 0.4) is 0 Å². The molecular weight excluding hydrogens is 1280 g/mol. The largest absolute Gasteiger partial charge is 0.453 e. The molecule has 1 aliphatic heterocycles. The van der Waals surface area contributed by atoms with Gasteiger partial charge in [0.25, 0.3) is 0 Å². The molecule has 552 valence electrons. The van der Waals surface area contributed by atoms with Gasteiger partial charge in [0.1, 0.15) is 60.0 Å². The third kappa shape index (κ3) is 29.1. The number of alkyl carbamates (subject to hydrolysis) is 1.